The first-order valence-corrected chi connectivity index (χ1v) is 8.27. The lowest BCUT2D eigenvalue weighted by Gasteiger charge is -2.21. The monoisotopic (exact) mass is 305 g/mol. The molecule has 2 fully saturated rings. The fourth-order valence-electron chi connectivity index (χ4n) is 3.26. The van der Waals surface area contributed by atoms with E-state index >= 15 is 0 Å². The molecular weight excluding hydrogens is 290 g/mol. The molecule has 2 aromatic rings. The Labute approximate surface area is 134 Å². The zero-order chi connectivity index (χ0) is 15.2. The lowest BCUT2D eigenvalue weighted by atomic mass is 10.1. The van der Waals surface area contributed by atoms with Crippen LogP contribution in [-0.4, -0.2) is 18.1 Å². The van der Waals surface area contributed by atoms with E-state index in [0.717, 1.165) is 35.0 Å². The van der Waals surface area contributed by atoms with Gasteiger partial charge >= 0.3 is 0 Å². The molecule has 108 valence electrons. The van der Waals surface area contributed by atoms with E-state index in [1.165, 1.54) is 6.42 Å². The van der Waals surface area contributed by atoms with E-state index in [2.05, 4.69) is 33.9 Å². The Kier molecular flexibility index (Phi) is 2.96. The minimum Gasteiger partial charge on any atom is -0.370 e. The maximum absolute atomic E-state index is 9.03. The Hall–Kier alpha value is -2.30. The molecule has 4 rings (SSSR count). The van der Waals surface area contributed by atoms with Gasteiger partial charge in [-0.1, -0.05) is 12.0 Å². The van der Waals surface area contributed by atoms with Crippen LogP contribution < -0.4 is 4.90 Å². The summed E-state index contributed by atoms with van der Waals surface area (Å²) in [5, 5.41) is 12.1. The predicted molar refractivity (Wildman–Crippen MR) is 87.6 cm³/mol. The summed E-state index contributed by atoms with van der Waals surface area (Å²) < 4.78 is 0. The molecule has 0 N–H and O–H groups in total. The van der Waals surface area contributed by atoms with Crippen molar-refractivity contribution in [2.45, 2.75) is 13.3 Å². The molecule has 0 amide bonds. The van der Waals surface area contributed by atoms with Gasteiger partial charge in [0.05, 0.1) is 22.1 Å². The van der Waals surface area contributed by atoms with Gasteiger partial charge in [-0.05, 0) is 43.4 Å². The van der Waals surface area contributed by atoms with Crippen molar-refractivity contribution in [2.75, 3.05) is 18.0 Å². The van der Waals surface area contributed by atoms with E-state index in [4.69, 9.17) is 5.26 Å². The highest BCUT2D eigenvalue weighted by Gasteiger charge is 2.59. The summed E-state index contributed by atoms with van der Waals surface area (Å²) in [7, 11) is 0. The normalized spacial score (nSPS) is 25.1. The molecule has 1 aliphatic carbocycles. The standard InChI is InChI=1S/C18H15N3S/c1-13-20-16(11-22-13)5-6-18-8-15(18)10-21(12-18)17-4-2-3-14(7-17)9-19/h2-4,7,11,15H,8,10,12H2,1H3. The van der Waals surface area contributed by atoms with Crippen molar-refractivity contribution in [3.05, 3.63) is 45.9 Å². The molecule has 22 heavy (non-hydrogen) atoms. The van der Waals surface area contributed by atoms with Gasteiger partial charge in [0, 0.05) is 24.2 Å². The van der Waals surface area contributed by atoms with Crippen LogP contribution in [0, 0.1) is 41.4 Å². The summed E-state index contributed by atoms with van der Waals surface area (Å²) in [5.41, 5.74) is 2.89. The number of thiazole rings is 1. The quantitative estimate of drug-likeness (QED) is 0.760. The molecule has 1 aliphatic heterocycles. The van der Waals surface area contributed by atoms with Crippen LogP contribution in [0.3, 0.4) is 0 Å². The minimum absolute atomic E-state index is 0.139. The van der Waals surface area contributed by atoms with Crippen molar-refractivity contribution >= 4 is 17.0 Å². The summed E-state index contributed by atoms with van der Waals surface area (Å²) >= 11 is 1.65. The van der Waals surface area contributed by atoms with Crippen molar-refractivity contribution in [3.63, 3.8) is 0 Å². The first kappa shape index (κ1) is 13.4. The van der Waals surface area contributed by atoms with Crippen LogP contribution in [0.15, 0.2) is 29.6 Å². The van der Waals surface area contributed by atoms with Gasteiger partial charge in [-0.25, -0.2) is 4.98 Å². The zero-order valence-corrected chi connectivity index (χ0v) is 13.2. The van der Waals surface area contributed by atoms with E-state index in [-0.39, 0.29) is 5.41 Å². The molecule has 2 atom stereocenters. The minimum atomic E-state index is 0.139. The number of piperidine rings is 1. The van der Waals surface area contributed by atoms with Crippen molar-refractivity contribution in [2.24, 2.45) is 11.3 Å². The summed E-state index contributed by atoms with van der Waals surface area (Å²) in [5.74, 6) is 7.39. The number of fused-ring (bicyclic) bond motifs is 1. The van der Waals surface area contributed by atoms with Gasteiger partial charge in [-0.15, -0.1) is 11.3 Å². The Balaban J connectivity index is 1.53. The molecule has 3 nitrogen and oxygen atoms in total. The zero-order valence-electron chi connectivity index (χ0n) is 12.3. The average Bonchev–Trinajstić information content (AvgIpc) is 2.88. The summed E-state index contributed by atoms with van der Waals surface area (Å²) in [6.07, 6.45) is 1.19. The number of hydrogen-bond donors (Lipinski definition) is 0. The second kappa shape index (κ2) is 4.87. The van der Waals surface area contributed by atoms with Crippen molar-refractivity contribution < 1.29 is 0 Å². The van der Waals surface area contributed by atoms with Crippen LogP contribution in [0.25, 0.3) is 0 Å². The number of anilines is 1. The summed E-state index contributed by atoms with van der Waals surface area (Å²) in [4.78, 5) is 6.77. The average molecular weight is 305 g/mol. The molecule has 2 unspecified atom stereocenters. The molecule has 1 saturated heterocycles. The van der Waals surface area contributed by atoms with Gasteiger partial charge in [-0.2, -0.15) is 5.26 Å². The lowest BCUT2D eigenvalue weighted by molar-refractivity contribution is 0.706. The maximum Gasteiger partial charge on any atom is 0.124 e. The third-order valence-corrected chi connectivity index (χ3v) is 5.32. The van der Waals surface area contributed by atoms with Crippen LogP contribution in [-0.2, 0) is 0 Å². The van der Waals surface area contributed by atoms with Crippen molar-refractivity contribution in [1.29, 1.82) is 5.26 Å². The van der Waals surface area contributed by atoms with E-state index in [1.54, 1.807) is 11.3 Å². The van der Waals surface area contributed by atoms with E-state index < -0.39 is 0 Å². The molecule has 0 spiro atoms. The third-order valence-electron chi connectivity index (χ3n) is 4.54. The first-order valence-electron chi connectivity index (χ1n) is 7.39. The van der Waals surface area contributed by atoms with Crippen LogP contribution in [0.2, 0.25) is 0 Å². The van der Waals surface area contributed by atoms with Crippen molar-refractivity contribution in [1.82, 2.24) is 4.98 Å². The number of nitriles is 1. The molecule has 0 bridgehead atoms. The number of benzene rings is 1. The Bertz CT molecular complexity index is 836. The molecular formula is C18H15N3S. The second-order valence-electron chi connectivity index (χ2n) is 6.10. The van der Waals surface area contributed by atoms with Crippen LogP contribution in [0.4, 0.5) is 5.69 Å². The highest BCUT2D eigenvalue weighted by molar-refractivity contribution is 7.09. The third kappa shape index (κ3) is 2.26. The van der Waals surface area contributed by atoms with Gasteiger partial charge < -0.3 is 4.90 Å². The number of rotatable bonds is 1. The van der Waals surface area contributed by atoms with Crippen LogP contribution in [0.5, 0.6) is 0 Å². The Morgan fingerprint density at radius 1 is 1.45 bits per heavy atom. The fraction of sp³-hybridized carbons (Fsp3) is 0.333. The predicted octanol–water partition coefficient (Wildman–Crippen LogP) is 3.20. The van der Waals surface area contributed by atoms with E-state index in [9.17, 15) is 0 Å². The molecule has 2 aliphatic rings. The summed E-state index contributed by atoms with van der Waals surface area (Å²) in [6.45, 7) is 4.01. The lowest BCUT2D eigenvalue weighted by Crippen LogP contribution is -2.24. The molecule has 4 heteroatoms. The van der Waals surface area contributed by atoms with E-state index in [0.29, 0.717) is 5.92 Å². The topological polar surface area (TPSA) is 39.9 Å². The molecule has 1 saturated carbocycles. The molecule has 1 aromatic heterocycles. The Morgan fingerprint density at radius 3 is 3.14 bits per heavy atom. The van der Waals surface area contributed by atoms with Gasteiger partial charge in [0.1, 0.15) is 5.69 Å². The molecule has 2 heterocycles. The van der Waals surface area contributed by atoms with Crippen molar-refractivity contribution in [3.8, 4) is 17.9 Å². The van der Waals surface area contributed by atoms with Gasteiger partial charge in [0.2, 0.25) is 0 Å². The second-order valence-corrected chi connectivity index (χ2v) is 7.16. The van der Waals surface area contributed by atoms with Gasteiger partial charge in [-0.3, -0.25) is 0 Å². The molecule has 1 aromatic carbocycles. The number of nitrogens with zero attached hydrogens (tertiary/aromatic N) is 3. The van der Waals surface area contributed by atoms with Gasteiger partial charge in [0.15, 0.2) is 0 Å². The largest absolute Gasteiger partial charge is 0.370 e. The first-order chi connectivity index (χ1) is 10.7. The van der Waals surface area contributed by atoms with Gasteiger partial charge in [0.25, 0.3) is 0 Å². The maximum atomic E-state index is 9.03. The van der Waals surface area contributed by atoms with E-state index in [1.807, 2.05) is 30.5 Å². The van der Waals surface area contributed by atoms with Crippen LogP contribution >= 0.6 is 11.3 Å². The number of hydrogen-bond acceptors (Lipinski definition) is 4. The van der Waals surface area contributed by atoms with Crippen LogP contribution in [0.1, 0.15) is 22.7 Å². The Morgan fingerprint density at radius 2 is 2.36 bits per heavy atom. The molecule has 0 radical (unpaired) electrons. The summed E-state index contributed by atoms with van der Waals surface area (Å²) in [6, 6.07) is 10.1. The smallest absolute Gasteiger partial charge is 0.124 e. The highest BCUT2D eigenvalue weighted by Crippen LogP contribution is 2.58. The number of aromatic nitrogens is 1. The highest BCUT2D eigenvalue weighted by atomic mass is 32.1. The number of aryl methyl sites for hydroxylation is 1. The SMILES string of the molecule is Cc1nc(C#CC23CC2CN(c2cccc(C#N)c2)C3)cs1. The fourth-order valence-corrected chi connectivity index (χ4v) is 3.80.